The topological polar surface area (TPSA) is 87.7 Å². The van der Waals surface area contributed by atoms with E-state index in [-0.39, 0.29) is 0 Å². The minimum atomic E-state index is -2.67. The van der Waals surface area contributed by atoms with Gasteiger partial charge in [0.25, 0.3) is 0 Å². The highest BCUT2D eigenvalue weighted by atomic mass is 32.2. The Bertz CT molecular complexity index is 1390. The van der Waals surface area contributed by atoms with Crippen molar-refractivity contribution < 1.29 is 13.2 Å². The van der Waals surface area contributed by atoms with Crippen LogP contribution < -0.4 is 9.62 Å². The van der Waals surface area contributed by atoms with Gasteiger partial charge in [-0.3, -0.25) is 9.21 Å². The number of rotatable bonds is 7. The Hall–Kier alpha value is -3.53. The molecule has 0 unspecified atom stereocenters. The molecule has 2 heterocycles. The molecule has 1 fully saturated rings. The van der Waals surface area contributed by atoms with E-state index in [1.54, 1.807) is 12.1 Å². The van der Waals surface area contributed by atoms with E-state index in [9.17, 15) is 8.42 Å². The van der Waals surface area contributed by atoms with Crippen LogP contribution in [0.3, 0.4) is 0 Å². The molecule has 0 spiro atoms. The molecule has 1 N–H and O–H groups in total. The molecule has 0 atom stereocenters. The molecule has 0 bridgehead atoms. The molecule has 0 amide bonds. The van der Waals surface area contributed by atoms with Gasteiger partial charge in [-0.05, 0) is 35.4 Å². The second kappa shape index (κ2) is 10.4. The summed E-state index contributed by atoms with van der Waals surface area (Å²) in [7, 11) is -1.14. The van der Waals surface area contributed by atoms with Crippen molar-refractivity contribution in [3.8, 4) is 11.1 Å². The number of benzene rings is 3. The molecule has 5 rings (SSSR count). The Morgan fingerprint density at radius 2 is 1.80 bits per heavy atom. The Morgan fingerprint density at radius 3 is 2.57 bits per heavy atom. The fourth-order valence-corrected chi connectivity index (χ4v) is 4.52. The van der Waals surface area contributed by atoms with Crippen molar-refractivity contribution in [3.05, 3.63) is 78.5 Å². The molecule has 0 aliphatic carbocycles. The van der Waals surface area contributed by atoms with Gasteiger partial charge >= 0.3 is 0 Å². The standard InChI is InChI=1S/C26H27N5O3S/c1-30(35(32)33)23-10-8-20(9-11-23)24-7-3-5-21-17-27-26(29-25(21)24)28-22-6-2-4-19(16-22)18-31-12-14-34-15-13-31/h2-11,16-17,35H,12-15,18H2,1H3,(H,27,28,29). The molecule has 35 heavy (non-hydrogen) atoms. The predicted octanol–water partition coefficient (Wildman–Crippen LogP) is 3.84. The maximum Gasteiger partial charge on any atom is 0.227 e. The molecule has 1 aromatic heterocycles. The van der Waals surface area contributed by atoms with E-state index in [2.05, 4.69) is 27.3 Å². The number of ether oxygens (including phenoxy) is 1. The van der Waals surface area contributed by atoms with Crippen LogP contribution >= 0.6 is 0 Å². The molecule has 9 heteroatoms. The van der Waals surface area contributed by atoms with Crippen LogP contribution in [0.15, 0.2) is 72.9 Å². The van der Waals surface area contributed by atoms with Gasteiger partial charge in [-0.2, -0.15) is 0 Å². The fourth-order valence-electron chi connectivity index (χ4n) is 4.19. The second-order valence-corrected chi connectivity index (χ2v) is 9.53. The van der Waals surface area contributed by atoms with Gasteiger partial charge in [-0.15, -0.1) is 0 Å². The minimum absolute atomic E-state index is 0.521. The third-order valence-electron chi connectivity index (χ3n) is 6.10. The van der Waals surface area contributed by atoms with Crippen molar-refractivity contribution in [1.29, 1.82) is 0 Å². The monoisotopic (exact) mass is 489 g/mol. The Balaban J connectivity index is 1.40. The minimum Gasteiger partial charge on any atom is -0.379 e. The van der Waals surface area contributed by atoms with Crippen LogP contribution in [0.2, 0.25) is 0 Å². The molecule has 4 aromatic rings. The smallest absolute Gasteiger partial charge is 0.227 e. The summed E-state index contributed by atoms with van der Waals surface area (Å²) in [6, 6.07) is 21.7. The average Bonchev–Trinajstić information content (AvgIpc) is 2.89. The molecular formula is C26H27N5O3S. The van der Waals surface area contributed by atoms with Crippen LogP contribution in [0.5, 0.6) is 0 Å². The Labute approximate surface area is 206 Å². The lowest BCUT2D eigenvalue weighted by Gasteiger charge is -2.26. The number of aromatic nitrogens is 2. The summed E-state index contributed by atoms with van der Waals surface area (Å²) in [5.74, 6) is 0.521. The van der Waals surface area contributed by atoms with Crippen molar-refractivity contribution in [3.63, 3.8) is 0 Å². The Kier molecular flexibility index (Phi) is 6.89. The first kappa shape index (κ1) is 23.2. The van der Waals surface area contributed by atoms with E-state index < -0.39 is 10.9 Å². The summed E-state index contributed by atoms with van der Waals surface area (Å²) >= 11 is 0. The zero-order valence-corrected chi connectivity index (χ0v) is 20.3. The molecule has 8 nitrogen and oxygen atoms in total. The number of fused-ring (bicyclic) bond motifs is 1. The first-order valence-electron chi connectivity index (χ1n) is 11.5. The summed E-state index contributed by atoms with van der Waals surface area (Å²) in [5.41, 5.74) is 5.50. The predicted molar refractivity (Wildman–Crippen MR) is 140 cm³/mol. The van der Waals surface area contributed by atoms with Gasteiger partial charge in [0.05, 0.1) is 24.4 Å². The molecule has 1 aliphatic rings. The number of hydrogen-bond donors (Lipinski definition) is 2. The van der Waals surface area contributed by atoms with Gasteiger partial charge < -0.3 is 10.1 Å². The number of anilines is 3. The van der Waals surface area contributed by atoms with Crippen LogP contribution in [0.4, 0.5) is 17.3 Å². The highest BCUT2D eigenvalue weighted by Crippen LogP contribution is 2.29. The molecule has 1 aliphatic heterocycles. The van der Waals surface area contributed by atoms with Crippen molar-refractivity contribution in [2.45, 2.75) is 6.54 Å². The maximum absolute atomic E-state index is 11.3. The summed E-state index contributed by atoms with van der Waals surface area (Å²) in [6.07, 6.45) is 1.82. The highest BCUT2D eigenvalue weighted by Gasteiger charge is 2.12. The number of nitrogens with zero attached hydrogens (tertiary/aromatic N) is 4. The summed E-state index contributed by atoms with van der Waals surface area (Å²) in [4.78, 5) is 11.7. The summed E-state index contributed by atoms with van der Waals surface area (Å²) in [5, 5.41) is 4.28. The molecule has 180 valence electrons. The number of thiol groups is 1. The second-order valence-electron chi connectivity index (χ2n) is 8.46. The quantitative estimate of drug-likeness (QED) is 0.382. The number of hydrogen-bond acceptors (Lipinski definition) is 7. The first-order chi connectivity index (χ1) is 17.1. The third-order valence-corrected chi connectivity index (χ3v) is 6.82. The van der Waals surface area contributed by atoms with Crippen LogP contribution in [0, 0.1) is 0 Å². The largest absolute Gasteiger partial charge is 0.379 e. The fraction of sp³-hybridized carbons (Fsp3) is 0.231. The summed E-state index contributed by atoms with van der Waals surface area (Å²) < 4.78 is 29.2. The lowest BCUT2D eigenvalue weighted by atomic mass is 10.0. The molecule has 1 saturated heterocycles. The van der Waals surface area contributed by atoms with E-state index in [0.717, 1.165) is 60.6 Å². The average molecular weight is 490 g/mol. The van der Waals surface area contributed by atoms with Crippen molar-refractivity contribution >= 4 is 39.1 Å². The van der Waals surface area contributed by atoms with Crippen LogP contribution in [0.25, 0.3) is 22.0 Å². The first-order valence-corrected chi connectivity index (χ1v) is 12.6. The molecule has 0 radical (unpaired) electrons. The van der Waals surface area contributed by atoms with Crippen LogP contribution in [-0.2, 0) is 22.2 Å². The van der Waals surface area contributed by atoms with E-state index in [4.69, 9.17) is 9.72 Å². The zero-order valence-electron chi connectivity index (χ0n) is 19.4. The van der Waals surface area contributed by atoms with E-state index in [1.165, 1.54) is 16.9 Å². The number of nitrogens with one attached hydrogen (secondary N) is 1. The third kappa shape index (κ3) is 5.43. The van der Waals surface area contributed by atoms with Crippen molar-refractivity contribution in [2.75, 3.05) is 43.0 Å². The normalized spacial score (nSPS) is 14.3. The van der Waals surface area contributed by atoms with Gasteiger partial charge in [-0.1, -0.05) is 42.5 Å². The van der Waals surface area contributed by atoms with E-state index in [0.29, 0.717) is 11.6 Å². The summed E-state index contributed by atoms with van der Waals surface area (Å²) in [6.45, 7) is 4.33. The zero-order chi connectivity index (χ0) is 24.2. The SMILES string of the molecule is CN(c1ccc(-c2cccc3cnc(Nc4cccc(CN5CCOCC5)c4)nc23)cc1)[SH](=O)=O. The van der Waals surface area contributed by atoms with Gasteiger partial charge in [0, 0.05) is 49.5 Å². The van der Waals surface area contributed by atoms with Gasteiger partial charge in [0.1, 0.15) is 0 Å². The van der Waals surface area contributed by atoms with Gasteiger partial charge in [-0.25, -0.2) is 18.4 Å². The Morgan fingerprint density at radius 1 is 1.03 bits per heavy atom. The van der Waals surface area contributed by atoms with Crippen molar-refractivity contribution in [1.82, 2.24) is 14.9 Å². The number of para-hydroxylation sites is 1. The molecule has 3 aromatic carbocycles. The molecule has 0 saturated carbocycles. The lowest BCUT2D eigenvalue weighted by Crippen LogP contribution is -2.35. The van der Waals surface area contributed by atoms with E-state index in [1.807, 2.05) is 48.7 Å². The number of morpholine rings is 1. The highest BCUT2D eigenvalue weighted by molar-refractivity contribution is 7.74. The maximum atomic E-state index is 11.3. The van der Waals surface area contributed by atoms with Crippen LogP contribution in [0.1, 0.15) is 5.56 Å². The van der Waals surface area contributed by atoms with Crippen LogP contribution in [-0.4, -0.2) is 56.6 Å². The van der Waals surface area contributed by atoms with Gasteiger partial charge in [0.2, 0.25) is 16.8 Å². The molecular weight excluding hydrogens is 462 g/mol. The van der Waals surface area contributed by atoms with E-state index >= 15 is 0 Å². The van der Waals surface area contributed by atoms with Crippen molar-refractivity contribution in [2.24, 2.45) is 0 Å². The lowest BCUT2D eigenvalue weighted by molar-refractivity contribution is 0.0342. The van der Waals surface area contributed by atoms with Gasteiger partial charge in [0.15, 0.2) is 0 Å².